The zero-order valence-electron chi connectivity index (χ0n) is 16.9. The summed E-state index contributed by atoms with van der Waals surface area (Å²) in [5.74, 6) is 11.9. The molecule has 1 heterocycles. The largest absolute Gasteiger partial charge is 0.454 e. The normalized spacial score (nSPS) is 14.4. The van der Waals surface area contributed by atoms with Crippen LogP contribution in [0.25, 0.3) is 5.76 Å². The maximum atomic E-state index is 11.8. The molecule has 0 spiro atoms. The number of hydrogen-bond acceptors (Lipinski definition) is 7. The number of carbonyl (C=O) groups is 2. The SMILES string of the molecule is CN(C)c1ccc(C2=CC(O)c3ccc(N(N)C(N)=O)c(N(N)C(N)=O)c3O2)cc1.Cl. The first-order valence-electron chi connectivity index (χ1n) is 8.82. The molecule has 4 amide bonds. The number of primary amides is 2. The van der Waals surface area contributed by atoms with Gasteiger partial charge in [-0.05, 0) is 36.4 Å². The monoisotopic (exact) mass is 449 g/mol. The molecular formula is C19H24ClN7O4. The first-order chi connectivity index (χ1) is 14.1. The highest BCUT2D eigenvalue weighted by atomic mass is 35.5. The summed E-state index contributed by atoms with van der Waals surface area (Å²) in [5, 5.41) is 11.8. The van der Waals surface area contributed by atoms with E-state index >= 15 is 0 Å². The fraction of sp³-hybridized carbons (Fsp3) is 0.158. The van der Waals surface area contributed by atoms with E-state index in [2.05, 4.69) is 0 Å². The highest BCUT2D eigenvalue weighted by Crippen LogP contribution is 2.46. The molecule has 0 saturated heterocycles. The Morgan fingerprint density at radius 2 is 1.55 bits per heavy atom. The van der Waals surface area contributed by atoms with Crippen molar-refractivity contribution in [1.29, 1.82) is 0 Å². The van der Waals surface area contributed by atoms with E-state index in [1.807, 2.05) is 43.3 Å². The lowest BCUT2D eigenvalue weighted by molar-refractivity contribution is 0.217. The molecule has 9 N–H and O–H groups in total. The third kappa shape index (κ3) is 4.49. The van der Waals surface area contributed by atoms with Gasteiger partial charge in [0.25, 0.3) is 0 Å². The summed E-state index contributed by atoms with van der Waals surface area (Å²) in [7, 11) is 3.83. The molecule has 0 aliphatic carbocycles. The molecule has 1 unspecified atom stereocenters. The fourth-order valence-corrected chi connectivity index (χ4v) is 3.03. The van der Waals surface area contributed by atoms with Crippen molar-refractivity contribution in [3.63, 3.8) is 0 Å². The number of hydrogen-bond donors (Lipinski definition) is 5. The minimum Gasteiger partial charge on any atom is -0.454 e. The Balaban J connectivity index is 0.00000341. The number of fused-ring (bicyclic) bond motifs is 1. The zero-order valence-corrected chi connectivity index (χ0v) is 17.7. The number of hydrazine groups is 2. The molecule has 0 fully saturated rings. The molecule has 1 aliphatic heterocycles. The number of benzene rings is 2. The van der Waals surface area contributed by atoms with Gasteiger partial charge in [0.2, 0.25) is 0 Å². The van der Waals surface area contributed by atoms with Crippen LogP contribution in [0.15, 0.2) is 42.5 Å². The fourth-order valence-electron chi connectivity index (χ4n) is 3.03. The van der Waals surface area contributed by atoms with E-state index in [0.29, 0.717) is 26.9 Å². The second-order valence-corrected chi connectivity index (χ2v) is 6.79. The quantitative estimate of drug-likeness (QED) is 0.264. The van der Waals surface area contributed by atoms with Crippen LogP contribution in [-0.4, -0.2) is 31.3 Å². The number of rotatable bonds is 4. The van der Waals surface area contributed by atoms with Crippen LogP contribution < -0.4 is 42.8 Å². The summed E-state index contributed by atoms with van der Waals surface area (Å²) < 4.78 is 5.99. The Morgan fingerprint density at radius 3 is 2.06 bits per heavy atom. The lowest BCUT2D eigenvalue weighted by atomic mass is 10.00. The Kier molecular flexibility index (Phi) is 6.98. The molecule has 0 bridgehead atoms. The lowest BCUT2D eigenvalue weighted by Crippen LogP contribution is -2.46. The highest BCUT2D eigenvalue weighted by molar-refractivity contribution is 6.02. The summed E-state index contributed by atoms with van der Waals surface area (Å²) in [6, 6.07) is 8.22. The van der Waals surface area contributed by atoms with Crippen LogP contribution in [-0.2, 0) is 0 Å². The van der Waals surface area contributed by atoms with Crippen molar-refractivity contribution in [1.82, 2.24) is 0 Å². The molecule has 3 rings (SSSR count). The van der Waals surface area contributed by atoms with Gasteiger partial charge < -0.3 is 26.2 Å². The Bertz CT molecular complexity index is 1030. The standard InChI is InChI=1S/C19H23N7O4.ClH/c1-24(2)11-5-3-10(4-6-11)15-9-14(27)12-7-8-13(25(22)18(20)28)16(17(12)30-15)26(23)19(21)29;/h3-9,14,27H,22-23H2,1-2H3,(H2,20,28)(H2,21,29);1H. The average molecular weight is 450 g/mol. The van der Waals surface area contributed by atoms with Crippen LogP contribution in [0.5, 0.6) is 5.75 Å². The van der Waals surface area contributed by atoms with Crippen molar-refractivity contribution < 1.29 is 19.4 Å². The predicted molar refractivity (Wildman–Crippen MR) is 121 cm³/mol. The number of aliphatic hydroxyl groups excluding tert-OH is 1. The third-order valence-electron chi connectivity index (χ3n) is 4.62. The number of nitrogens with zero attached hydrogens (tertiary/aromatic N) is 3. The van der Waals surface area contributed by atoms with Crippen molar-refractivity contribution >= 4 is 47.3 Å². The Labute approximate surface area is 184 Å². The van der Waals surface area contributed by atoms with E-state index in [9.17, 15) is 14.7 Å². The van der Waals surface area contributed by atoms with Gasteiger partial charge >= 0.3 is 12.1 Å². The summed E-state index contributed by atoms with van der Waals surface area (Å²) in [5.41, 5.74) is 12.4. The van der Waals surface area contributed by atoms with Crippen LogP contribution in [0.1, 0.15) is 17.2 Å². The number of aliphatic hydroxyl groups is 1. The van der Waals surface area contributed by atoms with E-state index in [-0.39, 0.29) is 29.5 Å². The van der Waals surface area contributed by atoms with E-state index < -0.39 is 18.2 Å². The zero-order chi connectivity index (χ0) is 22.2. The average Bonchev–Trinajstić information content (AvgIpc) is 2.71. The van der Waals surface area contributed by atoms with E-state index in [1.165, 1.54) is 18.2 Å². The Morgan fingerprint density at radius 1 is 0.968 bits per heavy atom. The summed E-state index contributed by atoms with van der Waals surface area (Å²) >= 11 is 0. The predicted octanol–water partition coefficient (Wildman–Crippen LogP) is 1.16. The van der Waals surface area contributed by atoms with Crippen LogP contribution in [0.2, 0.25) is 0 Å². The number of anilines is 3. The lowest BCUT2D eigenvalue weighted by Gasteiger charge is -2.30. The van der Waals surface area contributed by atoms with Crippen molar-refractivity contribution in [3.8, 4) is 5.75 Å². The van der Waals surface area contributed by atoms with Crippen LogP contribution in [0.4, 0.5) is 26.7 Å². The highest BCUT2D eigenvalue weighted by Gasteiger charge is 2.31. The van der Waals surface area contributed by atoms with Gasteiger partial charge in [-0.1, -0.05) is 6.07 Å². The van der Waals surface area contributed by atoms with E-state index in [4.69, 9.17) is 27.9 Å². The minimum absolute atomic E-state index is 0. The van der Waals surface area contributed by atoms with Gasteiger partial charge in [-0.2, -0.15) is 0 Å². The summed E-state index contributed by atoms with van der Waals surface area (Å²) in [6.45, 7) is 0. The van der Waals surface area contributed by atoms with Gasteiger partial charge in [-0.15, -0.1) is 12.4 Å². The van der Waals surface area contributed by atoms with E-state index in [0.717, 1.165) is 5.69 Å². The van der Waals surface area contributed by atoms with Crippen LogP contribution in [0.3, 0.4) is 0 Å². The maximum absolute atomic E-state index is 11.8. The molecular weight excluding hydrogens is 426 g/mol. The van der Waals surface area contributed by atoms with Crippen LogP contribution in [0, 0.1) is 0 Å². The molecule has 1 aliphatic rings. The smallest absolute Gasteiger partial charge is 0.333 e. The van der Waals surface area contributed by atoms with Crippen molar-refractivity contribution in [2.24, 2.45) is 23.2 Å². The van der Waals surface area contributed by atoms with Gasteiger partial charge in [-0.3, -0.25) is 0 Å². The maximum Gasteiger partial charge on any atom is 0.333 e. The molecule has 31 heavy (non-hydrogen) atoms. The van der Waals surface area contributed by atoms with Crippen molar-refractivity contribution in [3.05, 3.63) is 53.6 Å². The Hall–Kier alpha value is -3.51. The first kappa shape index (κ1) is 23.8. The molecule has 11 nitrogen and oxygen atoms in total. The summed E-state index contributed by atoms with van der Waals surface area (Å²) in [4.78, 5) is 25.3. The third-order valence-corrected chi connectivity index (χ3v) is 4.62. The second kappa shape index (κ2) is 9.10. The molecule has 0 saturated carbocycles. The molecule has 2 aromatic carbocycles. The second-order valence-electron chi connectivity index (χ2n) is 6.79. The van der Waals surface area contributed by atoms with Crippen LogP contribution >= 0.6 is 12.4 Å². The number of halogens is 1. The first-order valence-corrected chi connectivity index (χ1v) is 8.82. The molecule has 0 aromatic heterocycles. The number of nitrogens with two attached hydrogens (primary N) is 4. The number of carbonyl (C=O) groups excluding carboxylic acids is 2. The van der Waals surface area contributed by atoms with Crippen molar-refractivity contribution in [2.75, 3.05) is 29.0 Å². The number of amides is 4. The molecule has 1 atom stereocenters. The topological polar surface area (TPSA) is 177 Å². The van der Waals surface area contributed by atoms with Gasteiger partial charge in [0.05, 0.1) is 5.69 Å². The molecule has 166 valence electrons. The molecule has 2 aromatic rings. The van der Waals surface area contributed by atoms with Gasteiger partial charge in [0.15, 0.2) is 5.75 Å². The number of ether oxygens (including phenoxy) is 1. The van der Waals surface area contributed by atoms with Gasteiger partial charge in [0, 0.05) is 30.9 Å². The number of urea groups is 2. The van der Waals surface area contributed by atoms with Gasteiger partial charge in [0.1, 0.15) is 17.6 Å². The van der Waals surface area contributed by atoms with Crippen molar-refractivity contribution in [2.45, 2.75) is 6.10 Å². The summed E-state index contributed by atoms with van der Waals surface area (Å²) in [6.07, 6.45) is 0.432. The molecule has 12 heteroatoms. The van der Waals surface area contributed by atoms with Gasteiger partial charge in [-0.25, -0.2) is 31.3 Å². The van der Waals surface area contributed by atoms with E-state index in [1.54, 1.807) is 0 Å². The minimum atomic E-state index is -1.08. The molecule has 0 radical (unpaired) electrons.